The van der Waals surface area contributed by atoms with Crippen LogP contribution in [0.2, 0.25) is 0 Å². The number of hydrogen-bond acceptors (Lipinski definition) is 3. The number of rotatable bonds is 5. The van der Waals surface area contributed by atoms with Gasteiger partial charge >= 0.3 is 0 Å². The van der Waals surface area contributed by atoms with Crippen LogP contribution in [0.1, 0.15) is 37.0 Å². The molecule has 1 fully saturated rings. The van der Waals surface area contributed by atoms with E-state index in [-0.39, 0.29) is 18.3 Å². The van der Waals surface area contributed by atoms with Gasteiger partial charge in [-0.1, -0.05) is 19.9 Å². The monoisotopic (exact) mass is 326 g/mol. The lowest BCUT2D eigenvalue weighted by Crippen LogP contribution is -2.43. The molecular weight excluding hydrogens is 300 g/mol. The van der Waals surface area contributed by atoms with Gasteiger partial charge in [0.1, 0.15) is 5.75 Å². The second kappa shape index (κ2) is 9.01. The predicted octanol–water partition coefficient (Wildman–Crippen LogP) is 2.97. The molecule has 0 saturated carbocycles. The molecule has 0 radical (unpaired) electrons. The van der Waals surface area contributed by atoms with E-state index in [0.717, 1.165) is 37.2 Å². The van der Waals surface area contributed by atoms with Crippen molar-refractivity contribution in [3.63, 3.8) is 0 Å². The lowest BCUT2D eigenvalue weighted by molar-refractivity contribution is 0.0707. The van der Waals surface area contributed by atoms with Crippen LogP contribution in [0.15, 0.2) is 24.3 Å². The van der Waals surface area contributed by atoms with Crippen molar-refractivity contribution in [2.45, 2.75) is 32.7 Å². The molecule has 1 aromatic rings. The fourth-order valence-corrected chi connectivity index (χ4v) is 2.54. The number of nitrogens with one attached hydrogen (secondary N) is 1. The third-order valence-corrected chi connectivity index (χ3v) is 3.85. The number of halogens is 1. The average molecular weight is 327 g/mol. The molecule has 2 rings (SSSR count). The molecule has 1 amide bonds. The first-order valence-electron chi connectivity index (χ1n) is 7.79. The van der Waals surface area contributed by atoms with Gasteiger partial charge in [-0.3, -0.25) is 4.79 Å². The van der Waals surface area contributed by atoms with Crippen LogP contribution in [0, 0.1) is 5.92 Å². The zero-order valence-electron chi connectivity index (χ0n) is 13.7. The van der Waals surface area contributed by atoms with E-state index in [9.17, 15) is 4.79 Å². The summed E-state index contributed by atoms with van der Waals surface area (Å²) >= 11 is 0. The smallest absolute Gasteiger partial charge is 0.253 e. The van der Waals surface area contributed by atoms with E-state index in [1.54, 1.807) is 0 Å². The molecular formula is C17H27ClN2O2. The summed E-state index contributed by atoms with van der Waals surface area (Å²) in [5.41, 5.74) is 0.721. The van der Waals surface area contributed by atoms with E-state index >= 15 is 0 Å². The van der Waals surface area contributed by atoms with Crippen molar-refractivity contribution < 1.29 is 9.53 Å². The highest BCUT2D eigenvalue weighted by Crippen LogP contribution is 2.18. The highest BCUT2D eigenvalue weighted by Gasteiger charge is 2.22. The quantitative estimate of drug-likeness (QED) is 0.904. The van der Waals surface area contributed by atoms with Crippen LogP contribution in [0.4, 0.5) is 0 Å². The van der Waals surface area contributed by atoms with Crippen molar-refractivity contribution in [2.75, 3.05) is 26.7 Å². The van der Waals surface area contributed by atoms with Crippen LogP contribution in [0.25, 0.3) is 0 Å². The molecule has 1 saturated heterocycles. The molecule has 0 spiro atoms. The Morgan fingerprint density at radius 3 is 2.64 bits per heavy atom. The summed E-state index contributed by atoms with van der Waals surface area (Å²) in [4.78, 5) is 14.5. The number of hydrogen-bond donors (Lipinski definition) is 1. The fraction of sp³-hybridized carbons (Fsp3) is 0.588. The first-order valence-corrected chi connectivity index (χ1v) is 7.79. The molecule has 4 nitrogen and oxygen atoms in total. The Bertz CT molecular complexity index is 471. The Balaban J connectivity index is 0.00000242. The third-order valence-electron chi connectivity index (χ3n) is 3.85. The molecule has 1 heterocycles. The molecule has 1 N–H and O–H groups in total. The Kier molecular flexibility index (Phi) is 7.69. The highest BCUT2D eigenvalue weighted by atomic mass is 35.5. The van der Waals surface area contributed by atoms with Crippen molar-refractivity contribution >= 4 is 18.3 Å². The van der Waals surface area contributed by atoms with Gasteiger partial charge in [0.05, 0.1) is 6.61 Å². The third kappa shape index (κ3) is 5.18. The maximum absolute atomic E-state index is 12.5. The standard InChI is InChI=1S/C17H26N2O2.ClH/c1-13(2)12-21-16-6-4-5-14(11-16)17(20)19-9-7-15(18-3)8-10-19;/h4-6,11,13,15,18H,7-10,12H2,1-3H3;1H. The van der Waals surface area contributed by atoms with Gasteiger partial charge in [0.15, 0.2) is 0 Å². The Morgan fingerprint density at radius 1 is 1.36 bits per heavy atom. The van der Waals surface area contributed by atoms with Crippen molar-refractivity contribution in [3.05, 3.63) is 29.8 Å². The molecule has 0 unspecified atom stereocenters. The van der Waals surface area contributed by atoms with E-state index in [1.807, 2.05) is 36.2 Å². The Labute approximate surface area is 139 Å². The molecule has 1 aliphatic rings. The van der Waals surface area contributed by atoms with Crippen molar-refractivity contribution in [1.82, 2.24) is 10.2 Å². The molecule has 0 atom stereocenters. The highest BCUT2D eigenvalue weighted by molar-refractivity contribution is 5.94. The van der Waals surface area contributed by atoms with Crippen LogP contribution >= 0.6 is 12.4 Å². The minimum atomic E-state index is 0. The van der Waals surface area contributed by atoms with Gasteiger partial charge in [-0.25, -0.2) is 0 Å². The minimum absolute atomic E-state index is 0. The molecule has 5 heteroatoms. The number of piperidine rings is 1. The SMILES string of the molecule is CNC1CCN(C(=O)c2cccc(OCC(C)C)c2)CC1.Cl. The zero-order valence-corrected chi connectivity index (χ0v) is 14.5. The molecule has 0 aliphatic carbocycles. The van der Waals surface area contributed by atoms with Crippen LogP contribution in [-0.4, -0.2) is 43.6 Å². The normalized spacial score (nSPS) is 15.5. The lowest BCUT2D eigenvalue weighted by Gasteiger charge is -2.31. The summed E-state index contributed by atoms with van der Waals surface area (Å²) in [6, 6.07) is 8.06. The topological polar surface area (TPSA) is 41.6 Å². The summed E-state index contributed by atoms with van der Waals surface area (Å²) in [6.07, 6.45) is 2.04. The van der Waals surface area contributed by atoms with E-state index in [0.29, 0.717) is 18.6 Å². The lowest BCUT2D eigenvalue weighted by atomic mass is 10.0. The summed E-state index contributed by atoms with van der Waals surface area (Å²) in [5.74, 6) is 1.36. The van der Waals surface area contributed by atoms with Crippen molar-refractivity contribution in [2.24, 2.45) is 5.92 Å². The summed E-state index contributed by atoms with van der Waals surface area (Å²) in [7, 11) is 1.98. The number of benzene rings is 1. The van der Waals surface area contributed by atoms with Crippen molar-refractivity contribution in [3.8, 4) is 5.75 Å². The van der Waals surface area contributed by atoms with Gasteiger partial charge in [0, 0.05) is 24.7 Å². The van der Waals surface area contributed by atoms with E-state index in [2.05, 4.69) is 19.2 Å². The zero-order chi connectivity index (χ0) is 15.2. The van der Waals surface area contributed by atoms with Crippen LogP contribution in [0.3, 0.4) is 0 Å². The van der Waals surface area contributed by atoms with Crippen LogP contribution in [-0.2, 0) is 0 Å². The van der Waals surface area contributed by atoms with E-state index in [4.69, 9.17) is 4.74 Å². The van der Waals surface area contributed by atoms with Gasteiger partial charge in [-0.2, -0.15) is 0 Å². The van der Waals surface area contributed by atoms with Gasteiger partial charge in [-0.05, 0) is 44.0 Å². The number of nitrogens with zero attached hydrogens (tertiary/aromatic N) is 1. The first-order chi connectivity index (χ1) is 10.1. The maximum atomic E-state index is 12.5. The van der Waals surface area contributed by atoms with E-state index < -0.39 is 0 Å². The Morgan fingerprint density at radius 2 is 2.05 bits per heavy atom. The Hall–Kier alpha value is -1.26. The number of carbonyl (C=O) groups excluding carboxylic acids is 1. The van der Waals surface area contributed by atoms with Crippen LogP contribution in [0.5, 0.6) is 5.75 Å². The van der Waals surface area contributed by atoms with Crippen molar-refractivity contribution in [1.29, 1.82) is 0 Å². The van der Waals surface area contributed by atoms with Gasteiger partial charge < -0.3 is 15.0 Å². The second-order valence-electron chi connectivity index (χ2n) is 6.09. The molecule has 1 aliphatic heterocycles. The largest absolute Gasteiger partial charge is 0.493 e. The molecule has 124 valence electrons. The fourth-order valence-electron chi connectivity index (χ4n) is 2.54. The van der Waals surface area contributed by atoms with E-state index in [1.165, 1.54) is 0 Å². The van der Waals surface area contributed by atoms with Gasteiger partial charge in [-0.15, -0.1) is 12.4 Å². The molecule has 22 heavy (non-hydrogen) atoms. The number of ether oxygens (including phenoxy) is 1. The first kappa shape index (κ1) is 18.8. The molecule has 0 bridgehead atoms. The molecule has 1 aromatic carbocycles. The number of carbonyl (C=O) groups is 1. The second-order valence-corrected chi connectivity index (χ2v) is 6.09. The van der Waals surface area contributed by atoms with Gasteiger partial charge in [0.25, 0.3) is 5.91 Å². The summed E-state index contributed by atoms with van der Waals surface area (Å²) < 4.78 is 5.70. The average Bonchev–Trinajstić information content (AvgIpc) is 2.52. The van der Waals surface area contributed by atoms with Crippen LogP contribution < -0.4 is 10.1 Å². The number of likely N-dealkylation sites (tertiary alicyclic amines) is 1. The predicted molar refractivity (Wildman–Crippen MR) is 92.0 cm³/mol. The summed E-state index contributed by atoms with van der Waals surface area (Å²) in [5, 5.41) is 3.28. The van der Waals surface area contributed by atoms with Gasteiger partial charge in [0.2, 0.25) is 0 Å². The summed E-state index contributed by atoms with van der Waals surface area (Å²) in [6.45, 7) is 6.54. The minimum Gasteiger partial charge on any atom is -0.493 e. The number of amides is 1. The molecule has 0 aromatic heterocycles. The maximum Gasteiger partial charge on any atom is 0.253 e.